The standard InChI is InChI=1S/C16H19NO2S/c1-18-13-9-16(20-10-13)14(17)4-2-11-3-5-15-12(8-11)6-7-19-15/h3,5,8-10,14H,2,4,6-7,17H2,1H3. The highest BCUT2D eigenvalue weighted by atomic mass is 32.1. The minimum Gasteiger partial charge on any atom is -0.496 e. The van der Waals surface area contributed by atoms with Crippen LogP contribution >= 0.6 is 11.3 Å². The first-order valence-electron chi connectivity index (χ1n) is 6.89. The highest BCUT2D eigenvalue weighted by Crippen LogP contribution is 2.29. The van der Waals surface area contributed by atoms with E-state index in [4.69, 9.17) is 15.2 Å². The van der Waals surface area contributed by atoms with Crippen LogP contribution in [0.5, 0.6) is 11.5 Å². The molecule has 0 aliphatic carbocycles. The van der Waals surface area contributed by atoms with Crippen LogP contribution in [0, 0.1) is 0 Å². The number of hydrogen-bond donors (Lipinski definition) is 1. The van der Waals surface area contributed by atoms with Gasteiger partial charge in [-0.3, -0.25) is 0 Å². The van der Waals surface area contributed by atoms with Crippen molar-refractivity contribution in [1.82, 2.24) is 0 Å². The molecule has 2 heterocycles. The molecule has 1 aliphatic heterocycles. The van der Waals surface area contributed by atoms with Crippen molar-refractivity contribution in [3.05, 3.63) is 45.6 Å². The lowest BCUT2D eigenvalue weighted by Gasteiger charge is -2.10. The molecule has 1 aliphatic rings. The lowest BCUT2D eigenvalue weighted by atomic mass is 10.0. The first kappa shape index (κ1) is 13.5. The summed E-state index contributed by atoms with van der Waals surface area (Å²) in [5.74, 6) is 1.94. The summed E-state index contributed by atoms with van der Waals surface area (Å²) in [4.78, 5) is 1.19. The fourth-order valence-electron chi connectivity index (χ4n) is 2.50. The van der Waals surface area contributed by atoms with Gasteiger partial charge in [0.1, 0.15) is 11.5 Å². The average Bonchev–Trinajstić information content (AvgIpc) is 3.12. The van der Waals surface area contributed by atoms with Crippen LogP contribution in [0.25, 0.3) is 0 Å². The van der Waals surface area contributed by atoms with E-state index in [1.54, 1.807) is 18.4 Å². The Morgan fingerprint density at radius 3 is 3.10 bits per heavy atom. The third kappa shape index (κ3) is 2.81. The van der Waals surface area contributed by atoms with Gasteiger partial charge in [-0.25, -0.2) is 0 Å². The van der Waals surface area contributed by atoms with Gasteiger partial charge in [-0.1, -0.05) is 12.1 Å². The summed E-state index contributed by atoms with van der Waals surface area (Å²) >= 11 is 1.67. The number of hydrogen-bond acceptors (Lipinski definition) is 4. The van der Waals surface area contributed by atoms with E-state index in [-0.39, 0.29) is 6.04 Å². The van der Waals surface area contributed by atoms with Crippen LogP contribution in [0.2, 0.25) is 0 Å². The molecule has 2 N–H and O–H groups in total. The molecule has 3 rings (SSSR count). The number of ether oxygens (including phenoxy) is 2. The van der Waals surface area contributed by atoms with Gasteiger partial charge in [0.2, 0.25) is 0 Å². The highest BCUT2D eigenvalue weighted by molar-refractivity contribution is 7.10. The van der Waals surface area contributed by atoms with Gasteiger partial charge < -0.3 is 15.2 Å². The molecule has 1 atom stereocenters. The van der Waals surface area contributed by atoms with E-state index in [1.807, 2.05) is 11.4 Å². The molecule has 4 heteroatoms. The van der Waals surface area contributed by atoms with Gasteiger partial charge in [-0.15, -0.1) is 11.3 Å². The van der Waals surface area contributed by atoms with Gasteiger partial charge in [-0.05, 0) is 36.1 Å². The Bertz CT molecular complexity index is 594. The number of methoxy groups -OCH3 is 1. The van der Waals surface area contributed by atoms with Gasteiger partial charge in [0.25, 0.3) is 0 Å². The summed E-state index contributed by atoms with van der Waals surface area (Å²) in [5.41, 5.74) is 8.92. The molecular weight excluding hydrogens is 270 g/mol. The van der Waals surface area contributed by atoms with E-state index in [0.29, 0.717) is 0 Å². The van der Waals surface area contributed by atoms with Crippen LogP contribution in [0.1, 0.15) is 28.5 Å². The number of benzene rings is 1. The van der Waals surface area contributed by atoms with Crippen molar-refractivity contribution in [2.45, 2.75) is 25.3 Å². The SMILES string of the molecule is COc1csc(C(N)CCc2ccc3c(c2)CCO3)c1. The number of aryl methyl sites for hydroxylation is 1. The molecule has 0 radical (unpaired) electrons. The number of fused-ring (bicyclic) bond motifs is 1. The molecule has 106 valence electrons. The van der Waals surface area contributed by atoms with E-state index in [0.717, 1.165) is 37.4 Å². The van der Waals surface area contributed by atoms with Crippen LogP contribution in [0.15, 0.2) is 29.6 Å². The minimum absolute atomic E-state index is 0.0772. The summed E-state index contributed by atoms with van der Waals surface area (Å²) in [6.45, 7) is 0.813. The maximum Gasteiger partial charge on any atom is 0.129 e. The maximum atomic E-state index is 6.25. The van der Waals surface area contributed by atoms with E-state index in [1.165, 1.54) is 16.0 Å². The molecule has 0 fully saturated rings. The quantitative estimate of drug-likeness (QED) is 0.918. The summed E-state index contributed by atoms with van der Waals surface area (Å²) in [6, 6.07) is 8.59. The zero-order valence-electron chi connectivity index (χ0n) is 11.6. The van der Waals surface area contributed by atoms with Crippen molar-refractivity contribution in [2.75, 3.05) is 13.7 Å². The van der Waals surface area contributed by atoms with Gasteiger partial charge >= 0.3 is 0 Å². The average molecular weight is 289 g/mol. The Morgan fingerprint density at radius 2 is 2.30 bits per heavy atom. The van der Waals surface area contributed by atoms with Crippen LogP contribution in [-0.2, 0) is 12.8 Å². The molecule has 1 unspecified atom stereocenters. The van der Waals surface area contributed by atoms with Crippen molar-refractivity contribution in [3.63, 3.8) is 0 Å². The van der Waals surface area contributed by atoms with Gasteiger partial charge in [0.05, 0.1) is 13.7 Å². The lowest BCUT2D eigenvalue weighted by molar-refractivity contribution is 0.357. The topological polar surface area (TPSA) is 44.5 Å². The second-order valence-electron chi connectivity index (χ2n) is 5.07. The predicted molar refractivity (Wildman–Crippen MR) is 81.8 cm³/mol. The van der Waals surface area contributed by atoms with E-state index in [2.05, 4.69) is 18.2 Å². The summed E-state index contributed by atoms with van der Waals surface area (Å²) in [6.07, 6.45) is 2.97. The second kappa shape index (κ2) is 5.85. The summed E-state index contributed by atoms with van der Waals surface area (Å²) < 4.78 is 10.7. The molecule has 0 spiro atoms. The fraction of sp³-hybridized carbons (Fsp3) is 0.375. The number of nitrogens with two attached hydrogens (primary N) is 1. The van der Waals surface area contributed by atoms with Gasteiger partial charge in [0.15, 0.2) is 0 Å². The Kier molecular flexibility index (Phi) is 3.94. The van der Waals surface area contributed by atoms with E-state index in [9.17, 15) is 0 Å². The van der Waals surface area contributed by atoms with Crippen molar-refractivity contribution in [1.29, 1.82) is 0 Å². The minimum atomic E-state index is 0.0772. The van der Waals surface area contributed by atoms with Crippen LogP contribution < -0.4 is 15.2 Å². The smallest absolute Gasteiger partial charge is 0.129 e. The fourth-order valence-corrected chi connectivity index (χ4v) is 3.39. The maximum absolute atomic E-state index is 6.25. The zero-order chi connectivity index (χ0) is 13.9. The first-order valence-corrected chi connectivity index (χ1v) is 7.77. The molecule has 2 aromatic rings. The third-order valence-electron chi connectivity index (χ3n) is 3.69. The van der Waals surface area contributed by atoms with Gasteiger partial charge in [-0.2, -0.15) is 0 Å². The number of thiophene rings is 1. The van der Waals surface area contributed by atoms with E-state index >= 15 is 0 Å². The second-order valence-corrected chi connectivity index (χ2v) is 6.02. The van der Waals surface area contributed by atoms with Crippen molar-refractivity contribution < 1.29 is 9.47 Å². The van der Waals surface area contributed by atoms with E-state index < -0.39 is 0 Å². The predicted octanol–water partition coefficient (Wildman–Crippen LogP) is 3.32. The molecule has 1 aromatic heterocycles. The molecule has 0 saturated carbocycles. The monoisotopic (exact) mass is 289 g/mol. The highest BCUT2D eigenvalue weighted by Gasteiger charge is 2.13. The molecule has 20 heavy (non-hydrogen) atoms. The lowest BCUT2D eigenvalue weighted by Crippen LogP contribution is -2.09. The summed E-state index contributed by atoms with van der Waals surface area (Å²) in [5, 5.41) is 2.00. The summed E-state index contributed by atoms with van der Waals surface area (Å²) in [7, 11) is 1.68. The molecule has 3 nitrogen and oxygen atoms in total. The Balaban J connectivity index is 1.61. The normalized spacial score (nSPS) is 14.7. The van der Waals surface area contributed by atoms with Crippen molar-refractivity contribution in [2.24, 2.45) is 5.73 Å². The third-order valence-corrected chi connectivity index (χ3v) is 4.74. The largest absolute Gasteiger partial charge is 0.496 e. The molecule has 0 amide bonds. The van der Waals surface area contributed by atoms with Crippen LogP contribution in [-0.4, -0.2) is 13.7 Å². The Labute approximate surface area is 123 Å². The first-order chi connectivity index (χ1) is 9.76. The number of rotatable bonds is 5. The Morgan fingerprint density at radius 1 is 1.40 bits per heavy atom. The zero-order valence-corrected chi connectivity index (χ0v) is 12.4. The molecule has 0 bridgehead atoms. The van der Waals surface area contributed by atoms with Crippen LogP contribution in [0.3, 0.4) is 0 Å². The van der Waals surface area contributed by atoms with Gasteiger partial charge in [0, 0.05) is 22.7 Å². The Hall–Kier alpha value is -1.52. The van der Waals surface area contributed by atoms with Crippen LogP contribution in [0.4, 0.5) is 0 Å². The molecule has 0 saturated heterocycles. The van der Waals surface area contributed by atoms with Crippen molar-refractivity contribution in [3.8, 4) is 11.5 Å². The van der Waals surface area contributed by atoms with Crippen molar-refractivity contribution >= 4 is 11.3 Å². The molecule has 1 aromatic carbocycles. The molecular formula is C16H19NO2S.